The molecule has 7 nitrogen and oxygen atoms in total. The number of fused-ring (bicyclic) bond motifs is 1. The molecule has 0 atom stereocenters. The Balaban J connectivity index is 1.98. The first-order chi connectivity index (χ1) is 11.5. The Morgan fingerprint density at radius 3 is 2.71 bits per heavy atom. The normalized spacial score (nSPS) is 10.5. The van der Waals surface area contributed by atoms with Crippen molar-refractivity contribution in [1.82, 2.24) is 20.2 Å². The van der Waals surface area contributed by atoms with Crippen LogP contribution in [0.5, 0.6) is 0 Å². The van der Waals surface area contributed by atoms with E-state index in [0.717, 1.165) is 6.42 Å². The average Bonchev–Trinajstić information content (AvgIpc) is 2.57. The first-order valence-electron chi connectivity index (χ1n) is 7.78. The molecular weight excluding hydrogens is 328 g/mol. The maximum Gasteiger partial charge on any atom is 0.262 e. The van der Waals surface area contributed by atoms with E-state index in [9.17, 15) is 14.4 Å². The van der Waals surface area contributed by atoms with Crippen LogP contribution in [0, 0.1) is 4.77 Å². The number of aromatic amines is 1. The van der Waals surface area contributed by atoms with Gasteiger partial charge in [0.15, 0.2) is 4.77 Å². The molecule has 24 heavy (non-hydrogen) atoms. The molecule has 1 aromatic carbocycles. The van der Waals surface area contributed by atoms with E-state index in [1.54, 1.807) is 18.2 Å². The quantitative estimate of drug-likeness (QED) is 0.653. The minimum absolute atomic E-state index is 0.0663. The highest BCUT2D eigenvalue weighted by atomic mass is 32.1. The molecule has 2 aromatic rings. The summed E-state index contributed by atoms with van der Waals surface area (Å²) >= 11 is 5.18. The summed E-state index contributed by atoms with van der Waals surface area (Å²) in [6.07, 6.45) is 0.902. The summed E-state index contributed by atoms with van der Waals surface area (Å²) in [5.74, 6) is -0.540. The number of rotatable bonds is 7. The highest BCUT2D eigenvalue weighted by Crippen LogP contribution is 2.06. The number of benzene rings is 1. The number of para-hydroxylation sites is 1. The van der Waals surface area contributed by atoms with Gasteiger partial charge in [0.1, 0.15) is 0 Å². The summed E-state index contributed by atoms with van der Waals surface area (Å²) < 4.78 is 1.63. The Hall–Kier alpha value is -2.48. The first kappa shape index (κ1) is 17.9. The lowest BCUT2D eigenvalue weighted by Gasteiger charge is -2.09. The fourth-order valence-electron chi connectivity index (χ4n) is 2.21. The van der Waals surface area contributed by atoms with E-state index >= 15 is 0 Å². The first-order valence-corrected chi connectivity index (χ1v) is 8.19. The Morgan fingerprint density at radius 1 is 1.21 bits per heavy atom. The van der Waals surface area contributed by atoms with Crippen LogP contribution in [0.4, 0.5) is 0 Å². The standard InChI is InChI=1S/C16H20N4O3S/c1-2-8-17-14(22)10-18-13(21)7-9-20-15(23)11-5-3-4-6-12(11)19-16(20)24/h3-6H,2,7-10H2,1H3,(H,17,22)(H,18,21)(H,19,24). The summed E-state index contributed by atoms with van der Waals surface area (Å²) in [5.41, 5.74) is 0.434. The summed E-state index contributed by atoms with van der Waals surface area (Å²) in [6, 6.07) is 7.07. The predicted molar refractivity (Wildman–Crippen MR) is 94.3 cm³/mol. The molecule has 0 fully saturated rings. The SMILES string of the molecule is CCCNC(=O)CNC(=O)CCn1c(=S)[nH]c2ccccc2c1=O. The van der Waals surface area contributed by atoms with Crippen LogP contribution in [0.15, 0.2) is 29.1 Å². The van der Waals surface area contributed by atoms with Crippen LogP contribution < -0.4 is 16.2 Å². The summed E-state index contributed by atoms with van der Waals surface area (Å²) in [6.45, 7) is 2.61. The lowest BCUT2D eigenvalue weighted by Crippen LogP contribution is -2.37. The topological polar surface area (TPSA) is 96.0 Å². The van der Waals surface area contributed by atoms with Crippen molar-refractivity contribution in [2.45, 2.75) is 26.3 Å². The molecule has 0 spiro atoms. The molecule has 2 rings (SSSR count). The molecule has 1 aromatic heterocycles. The number of hydrogen-bond acceptors (Lipinski definition) is 4. The zero-order chi connectivity index (χ0) is 17.5. The lowest BCUT2D eigenvalue weighted by molar-refractivity contribution is -0.126. The Kier molecular flexibility index (Phi) is 6.25. The van der Waals surface area contributed by atoms with Gasteiger partial charge in [-0.1, -0.05) is 19.1 Å². The molecule has 128 valence electrons. The smallest absolute Gasteiger partial charge is 0.262 e. The van der Waals surface area contributed by atoms with Crippen molar-refractivity contribution >= 4 is 34.9 Å². The molecule has 1 heterocycles. The van der Waals surface area contributed by atoms with E-state index in [2.05, 4.69) is 15.6 Å². The lowest BCUT2D eigenvalue weighted by atomic mass is 10.2. The highest BCUT2D eigenvalue weighted by Gasteiger charge is 2.09. The Bertz CT molecular complexity index is 856. The van der Waals surface area contributed by atoms with Crippen LogP contribution in [-0.4, -0.2) is 34.5 Å². The largest absolute Gasteiger partial charge is 0.355 e. The summed E-state index contributed by atoms with van der Waals surface area (Å²) in [7, 11) is 0. The molecule has 0 bridgehead atoms. The minimum Gasteiger partial charge on any atom is -0.355 e. The molecule has 0 unspecified atom stereocenters. The number of aromatic nitrogens is 2. The highest BCUT2D eigenvalue weighted by molar-refractivity contribution is 7.71. The van der Waals surface area contributed by atoms with Gasteiger partial charge in [0.2, 0.25) is 11.8 Å². The number of nitrogens with zero attached hydrogens (tertiary/aromatic N) is 1. The number of H-pyrrole nitrogens is 1. The van der Waals surface area contributed by atoms with E-state index in [1.807, 2.05) is 13.0 Å². The van der Waals surface area contributed by atoms with Crippen molar-refractivity contribution in [2.75, 3.05) is 13.1 Å². The van der Waals surface area contributed by atoms with Crippen LogP contribution in [0.1, 0.15) is 19.8 Å². The second-order valence-electron chi connectivity index (χ2n) is 5.31. The van der Waals surface area contributed by atoms with Crippen molar-refractivity contribution in [3.8, 4) is 0 Å². The van der Waals surface area contributed by atoms with Gasteiger partial charge < -0.3 is 15.6 Å². The number of hydrogen-bond donors (Lipinski definition) is 3. The Labute approximate surface area is 144 Å². The summed E-state index contributed by atoms with van der Waals surface area (Å²) in [5, 5.41) is 5.72. The van der Waals surface area contributed by atoms with Crippen molar-refractivity contribution in [3.05, 3.63) is 39.4 Å². The molecule has 0 aliphatic rings. The van der Waals surface area contributed by atoms with Gasteiger partial charge in [0.25, 0.3) is 5.56 Å². The molecule has 0 saturated carbocycles. The van der Waals surface area contributed by atoms with Crippen LogP contribution in [0.25, 0.3) is 10.9 Å². The van der Waals surface area contributed by atoms with Crippen LogP contribution in [-0.2, 0) is 16.1 Å². The fourth-order valence-corrected chi connectivity index (χ4v) is 2.49. The number of carbonyl (C=O) groups excluding carboxylic acids is 2. The minimum atomic E-state index is -0.309. The van der Waals surface area contributed by atoms with Crippen LogP contribution >= 0.6 is 12.2 Å². The summed E-state index contributed by atoms with van der Waals surface area (Å²) in [4.78, 5) is 38.7. The molecule has 0 saturated heterocycles. The number of nitrogens with one attached hydrogen (secondary N) is 3. The molecule has 0 aliphatic carbocycles. The maximum atomic E-state index is 12.4. The van der Waals surface area contributed by atoms with Crippen molar-refractivity contribution in [1.29, 1.82) is 0 Å². The maximum absolute atomic E-state index is 12.4. The van der Waals surface area contributed by atoms with Gasteiger partial charge in [-0.2, -0.15) is 0 Å². The third-order valence-electron chi connectivity index (χ3n) is 3.47. The van der Waals surface area contributed by atoms with Crippen molar-refractivity contribution in [3.63, 3.8) is 0 Å². The zero-order valence-electron chi connectivity index (χ0n) is 13.4. The molecular formula is C16H20N4O3S. The van der Waals surface area contributed by atoms with Crippen molar-refractivity contribution in [2.24, 2.45) is 0 Å². The molecule has 0 aliphatic heterocycles. The molecule has 2 amide bonds. The predicted octanol–water partition coefficient (Wildman–Crippen LogP) is 1.09. The Morgan fingerprint density at radius 2 is 1.96 bits per heavy atom. The van der Waals surface area contributed by atoms with Gasteiger partial charge in [-0.3, -0.25) is 19.0 Å². The van der Waals surface area contributed by atoms with E-state index in [-0.39, 0.29) is 41.7 Å². The molecule has 0 radical (unpaired) electrons. The van der Waals surface area contributed by atoms with E-state index in [1.165, 1.54) is 4.57 Å². The van der Waals surface area contributed by atoms with E-state index < -0.39 is 0 Å². The van der Waals surface area contributed by atoms with E-state index in [0.29, 0.717) is 17.4 Å². The molecule has 3 N–H and O–H groups in total. The van der Waals surface area contributed by atoms with Crippen LogP contribution in [0.2, 0.25) is 0 Å². The van der Waals surface area contributed by atoms with Crippen molar-refractivity contribution < 1.29 is 9.59 Å². The van der Waals surface area contributed by atoms with Crippen LogP contribution in [0.3, 0.4) is 0 Å². The van der Waals surface area contributed by atoms with Gasteiger partial charge in [-0.25, -0.2) is 0 Å². The third kappa shape index (κ3) is 4.51. The van der Waals surface area contributed by atoms with Gasteiger partial charge in [-0.15, -0.1) is 0 Å². The monoisotopic (exact) mass is 348 g/mol. The van der Waals surface area contributed by atoms with Gasteiger partial charge >= 0.3 is 0 Å². The second kappa shape index (κ2) is 8.39. The second-order valence-corrected chi connectivity index (χ2v) is 5.70. The van der Waals surface area contributed by atoms with E-state index in [4.69, 9.17) is 12.2 Å². The average molecular weight is 348 g/mol. The van der Waals surface area contributed by atoms with Gasteiger partial charge in [-0.05, 0) is 30.8 Å². The van der Waals surface area contributed by atoms with Gasteiger partial charge in [0.05, 0.1) is 17.4 Å². The number of carbonyl (C=O) groups is 2. The fraction of sp³-hybridized carbons (Fsp3) is 0.375. The number of amides is 2. The third-order valence-corrected chi connectivity index (χ3v) is 3.79. The zero-order valence-corrected chi connectivity index (χ0v) is 14.2. The van der Waals surface area contributed by atoms with Gasteiger partial charge in [0, 0.05) is 19.5 Å². The molecule has 8 heteroatoms.